The number of rotatable bonds is 14. The molecule has 0 aliphatic heterocycles. The molecular weight excluding hydrogens is 568 g/mol. The molecule has 10 heteroatoms. The number of anilines is 1. The van der Waals surface area contributed by atoms with Crippen LogP contribution in [0.15, 0.2) is 84.9 Å². The van der Waals surface area contributed by atoms with Crippen LogP contribution in [0.5, 0.6) is 11.5 Å². The number of aliphatic hydroxyl groups is 1. The number of sulfonamides is 1. The molecule has 0 amide bonds. The maximum Gasteiger partial charge on any atom is 0.335 e. The number of carbonyl (C=O) groups is 1. The molecule has 0 radical (unpaired) electrons. The van der Waals surface area contributed by atoms with Crippen LogP contribution in [-0.4, -0.2) is 50.6 Å². The Morgan fingerprint density at radius 3 is 2.21 bits per heavy atom. The van der Waals surface area contributed by atoms with Gasteiger partial charge in [-0.1, -0.05) is 48.5 Å². The topological polar surface area (TPSA) is 134 Å². The first-order valence-electron chi connectivity index (χ1n) is 13.7. The summed E-state index contributed by atoms with van der Waals surface area (Å²) < 4.78 is 38.2. The second kappa shape index (κ2) is 14.2. The van der Waals surface area contributed by atoms with Crippen molar-refractivity contribution in [2.75, 3.05) is 30.7 Å². The van der Waals surface area contributed by atoms with Gasteiger partial charge in [-0.3, -0.25) is 4.72 Å². The van der Waals surface area contributed by atoms with Crippen molar-refractivity contribution in [2.24, 2.45) is 0 Å². The zero-order chi connectivity index (χ0) is 31.0. The lowest BCUT2D eigenvalue weighted by Crippen LogP contribution is -2.26. The van der Waals surface area contributed by atoms with E-state index in [2.05, 4.69) is 10.0 Å². The third-order valence-electron chi connectivity index (χ3n) is 6.73. The van der Waals surface area contributed by atoms with E-state index in [4.69, 9.17) is 14.6 Å². The Hall–Kier alpha value is -4.38. The van der Waals surface area contributed by atoms with Crippen molar-refractivity contribution in [2.45, 2.75) is 26.6 Å². The molecule has 0 saturated heterocycles. The van der Waals surface area contributed by atoms with Crippen molar-refractivity contribution in [3.8, 4) is 22.6 Å². The lowest BCUT2D eigenvalue weighted by atomic mass is 9.95. The van der Waals surface area contributed by atoms with E-state index in [1.807, 2.05) is 56.3 Å². The van der Waals surface area contributed by atoms with E-state index in [0.29, 0.717) is 30.2 Å². The number of hydrogen-bond acceptors (Lipinski definition) is 7. The first kappa shape index (κ1) is 31.6. The normalized spacial score (nSPS) is 12.0. The lowest BCUT2D eigenvalue weighted by Gasteiger charge is -2.17. The van der Waals surface area contributed by atoms with Gasteiger partial charge in [-0.2, -0.15) is 0 Å². The smallest absolute Gasteiger partial charge is 0.335 e. The first-order valence-corrected chi connectivity index (χ1v) is 15.6. The summed E-state index contributed by atoms with van der Waals surface area (Å²) in [6.45, 7) is 5.31. The highest BCUT2D eigenvalue weighted by Crippen LogP contribution is 2.32. The third-order valence-corrected chi connectivity index (χ3v) is 7.32. The number of carboxylic acids is 1. The lowest BCUT2D eigenvalue weighted by molar-refractivity contribution is 0.0697. The first-order chi connectivity index (χ1) is 20.5. The SMILES string of the molecule is Cc1cc(OCCNC[C@H](O)c2ccc(OCc3ccccc3)c(NS(C)(=O)=O)c2)cc(C)c1-c1ccc(C(=O)O)cc1. The predicted molar refractivity (Wildman–Crippen MR) is 167 cm³/mol. The Morgan fingerprint density at radius 2 is 1.58 bits per heavy atom. The molecule has 43 heavy (non-hydrogen) atoms. The zero-order valence-corrected chi connectivity index (χ0v) is 25.1. The summed E-state index contributed by atoms with van der Waals surface area (Å²) in [6.07, 6.45) is 0.174. The van der Waals surface area contributed by atoms with Crippen LogP contribution < -0.4 is 19.5 Å². The Balaban J connectivity index is 1.31. The number of hydrogen-bond donors (Lipinski definition) is 4. The fraction of sp³-hybridized carbons (Fsp3) is 0.242. The summed E-state index contributed by atoms with van der Waals surface area (Å²) in [5.74, 6) is 0.118. The molecule has 0 aliphatic rings. The number of ether oxygens (including phenoxy) is 2. The molecule has 4 rings (SSSR count). The van der Waals surface area contributed by atoms with Gasteiger partial charge in [0, 0.05) is 13.1 Å². The molecule has 0 spiro atoms. The van der Waals surface area contributed by atoms with E-state index >= 15 is 0 Å². The third kappa shape index (κ3) is 9.05. The highest BCUT2D eigenvalue weighted by atomic mass is 32.2. The number of aliphatic hydroxyl groups excluding tert-OH is 1. The summed E-state index contributed by atoms with van der Waals surface area (Å²) in [6, 6.07) is 25.2. The number of aromatic carboxylic acids is 1. The number of nitrogens with one attached hydrogen (secondary N) is 2. The van der Waals surface area contributed by atoms with E-state index in [-0.39, 0.29) is 24.4 Å². The van der Waals surface area contributed by atoms with Crippen LogP contribution in [0.25, 0.3) is 11.1 Å². The Kier molecular flexibility index (Phi) is 10.4. The molecule has 4 aromatic carbocycles. The van der Waals surface area contributed by atoms with E-state index in [1.54, 1.807) is 42.5 Å². The molecule has 0 saturated carbocycles. The molecule has 226 valence electrons. The summed E-state index contributed by atoms with van der Waals surface area (Å²) >= 11 is 0. The van der Waals surface area contributed by atoms with E-state index < -0.39 is 22.1 Å². The monoisotopic (exact) mass is 604 g/mol. The second-order valence-corrected chi connectivity index (χ2v) is 12.0. The zero-order valence-electron chi connectivity index (χ0n) is 24.3. The van der Waals surface area contributed by atoms with Crippen molar-refractivity contribution >= 4 is 21.7 Å². The summed E-state index contributed by atoms with van der Waals surface area (Å²) in [5.41, 5.74) is 5.96. The quantitative estimate of drug-likeness (QED) is 0.142. The van der Waals surface area contributed by atoms with Gasteiger partial charge in [-0.25, -0.2) is 13.2 Å². The van der Waals surface area contributed by atoms with E-state index in [1.165, 1.54) is 0 Å². The molecule has 1 atom stereocenters. The van der Waals surface area contributed by atoms with Crippen LogP contribution in [0.1, 0.15) is 38.7 Å². The summed E-state index contributed by atoms with van der Waals surface area (Å²) in [4.78, 5) is 11.2. The second-order valence-electron chi connectivity index (χ2n) is 10.3. The van der Waals surface area contributed by atoms with Gasteiger partial charge in [0.05, 0.1) is 23.6 Å². The number of carboxylic acid groups (broad SMARTS) is 1. The van der Waals surface area contributed by atoms with Gasteiger partial charge >= 0.3 is 5.97 Å². The van der Waals surface area contributed by atoms with Crippen molar-refractivity contribution in [1.82, 2.24) is 5.32 Å². The summed E-state index contributed by atoms with van der Waals surface area (Å²) in [7, 11) is -3.57. The minimum absolute atomic E-state index is 0.231. The standard InChI is InChI=1S/C33H36N2O7S/c1-22-17-28(18-23(2)32(22)25-9-11-26(12-10-25)33(37)38)41-16-15-34-20-30(36)27-13-14-31(29(19-27)35-43(3,39)40)42-21-24-7-5-4-6-8-24/h4-14,17-19,30,34-36H,15-16,20-21H2,1-3H3,(H,37,38)/t30-/m0/s1. The molecule has 9 nitrogen and oxygen atoms in total. The molecule has 0 aliphatic carbocycles. The van der Waals surface area contributed by atoms with Crippen LogP contribution in [0.2, 0.25) is 0 Å². The average molecular weight is 605 g/mol. The molecule has 4 N–H and O–H groups in total. The Bertz CT molecular complexity index is 1630. The van der Waals surface area contributed by atoms with Crippen LogP contribution in [0, 0.1) is 13.8 Å². The van der Waals surface area contributed by atoms with Crippen LogP contribution in [-0.2, 0) is 16.6 Å². The van der Waals surface area contributed by atoms with Crippen molar-refractivity contribution < 1.29 is 32.9 Å². The minimum Gasteiger partial charge on any atom is -0.492 e. The maximum absolute atomic E-state index is 12.0. The highest BCUT2D eigenvalue weighted by Gasteiger charge is 2.15. The molecule has 0 fully saturated rings. The van der Waals surface area contributed by atoms with Crippen molar-refractivity contribution in [3.63, 3.8) is 0 Å². The van der Waals surface area contributed by atoms with Gasteiger partial charge in [0.1, 0.15) is 24.7 Å². The van der Waals surface area contributed by atoms with Crippen molar-refractivity contribution in [3.05, 3.63) is 113 Å². The predicted octanol–water partition coefficient (Wildman–Crippen LogP) is 5.32. The minimum atomic E-state index is -3.57. The largest absolute Gasteiger partial charge is 0.492 e. The molecule has 4 aromatic rings. The molecule has 0 aromatic heterocycles. The number of benzene rings is 4. The Labute approximate surface area is 252 Å². The molecule has 0 heterocycles. The fourth-order valence-corrected chi connectivity index (χ4v) is 5.29. The van der Waals surface area contributed by atoms with Gasteiger partial charge in [0.15, 0.2) is 0 Å². The number of aryl methyl sites for hydroxylation is 2. The van der Waals surface area contributed by atoms with Gasteiger partial charge in [0.25, 0.3) is 0 Å². The molecule has 0 bridgehead atoms. The van der Waals surface area contributed by atoms with E-state index in [9.17, 15) is 18.3 Å². The molecule has 0 unspecified atom stereocenters. The molecular formula is C33H36N2O7S. The van der Waals surface area contributed by atoms with Crippen molar-refractivity contribution in [1.29, 1.82) is 0 Å². The van der Waals surface area contributed by atoms with Gasteiger partial charge in [0.2, 0.25) is 10.0 Å². The van der Waals surface area contributed by atoms with Crippen LogP contribution >= 0.6 is 0 Å². The van der Waals surface area contributed by atoms with Crippen LogP contribution in [0.4, 0.5) is 5.69 Å². The summed E-state index contributed by atoms with van der Waals surface area (Å²) in [5, 5.41) is 23.1. The Morgan fingerprint density at radius 1 is 0.907 bits per heavy atom. The van der Waals surface area contributed by atoms with Gasteiger partial charge < -0.3 is 25.0 Å². The maximum atomic E-state index is 12.0. The highest BCUT2D eigenvalue weighted by molar-refractivity contribution is 7.92. The van der Waals surface area contributed by atoms with Gasteiger partial charge in [-0.15, -0.1) is 0 Å². The van der Waals surface area contributed by atoms with Crippen LogP contribution in [0.3, 0.4) is 0 Å². The van der Waals surface area contributed by atoms with E-state index in [0.717, 1.165) is 34.1 Å². The van der Waals surface area contributed by atoms with Gasteiger partial charge in [-0.05, 0) is 83.6 Å². The fourth-order valence-electron chi connectivity index (χ4n) is 4.74. The average Bonchev–Trinajstić information content (AvgIpc) is 2.96.